The van der Waals surface area contributed by atoms with E-state index in [9.17, 15) is 8.78 Å². The van der Waals surface area contributed by atoms with Crippen LogP contribution in [-0.2, 0) is 6.54 Å². The molecule has 1 heterocycles. The van der Waals surface area contributed by atoms with Crippen LogP contribution >= 0.6 is 0 Å². The zero-order valence-electron chi connectivity index (χ0n) is 10.6. The monoisotopic (exact) mass is 268 g/mol. The molecule has 0 unspecified atom stereocenters. The molecule has 0 radical (unpaired) electrons. The van der Waals surface area contributed by atoms with Gasteiger partial charge in [0.05, 0.1) is 12.2 Å². The molecule has 0 atom stereocenters. The molecular weight excluding hydrogens is 254 g/mol. The molecular formula is C13H14F2N2O2. The topological polar surface area (TPSA) is 47.3 Å². The summed E-state index contributed by atoms with van der Waals surface area (Å²) in [7, 11) is 0. The Morgan fingerprint density at radius 2 is 1.95 bits per heavy atom. The zero-order valence-corrected chi connectivity index (χ0v) is 10.6. The summed E-state index contributed by atoms with van der Waals surface area (Å²) in [5.41, 5.74) is 1.63. The van der Waals surface area contributed by atoms with Gasteiger partial charge in [-0.05, 0) is 38.1 Å². The first kappa shape index (κ1) is 13.3. The van der Waals surface area contributed by atoms with Gasteiger partial charge in [-0.15, -0.1) is 0 Å². The standard InChI is InChI=1S/C13H14F2N2O2/c1-8-9(2)18-12(17-8)7-16-10-3-5-11(6-4-10)19-13(14)15/h3-6,13,16H,7H2,1-2H3. The van der Waals surface area contributed by atoms with E-state index < -0.39 is 6.61 Å². The number of hydrogen-bond donors (Lipinski definition) is 1. The quantitative estimate of drug-likeness (QED) is 0.901. The molecule has 0 saturated carbocycles. The Bertz CT molecular complexity index is 519. The molecule has 2 rings (SSSR count). The number of benzene rings is 1. The second-order valence-electron chi connectivity index (χ2n) is 4.01. The van der Waals surface area contributed by atoms with Crippen molar-refractivity contribution in [1.82, 2.24) is 4.98 Å². The molecule has 0 aliphatic heterocycles. The number of halogens is 2. The molecule has 0 spiro atoms. The lowest BCUT2D eigenvalue weighted by molar-refractivity contribution is -0.0498. The Morgan fingerprint density at radius 3 is 2.47 bits per heavy atom. The Labute approximate surface area is 109 Å². The summed E-state index contributed by atoms with van der Waals surface area (Å²) in [5.74, 6) is 1.50. The minimum atomic E-state index is -2.81. The minimum Gasteiger partial charge on any atom is -0.444 e. The molecule has 0 aliphatic carbocycles. The maximum absolute atomic E-state index is 12.0. The van der Waals surface area contributed by atoms with Crippen molar-refractivity contribution in [2.75, 3.05) is 5.32 Å². The van der Waals surface area contributed by atoms with E-state index in [4.69, 9.17) is 4.42 Å². The summed E-state index contributed by atoms with van der Waals surface area (Å²) in [6.07, 6.45) is 0. The number of aryl methyl sites for hydroxylation is 2. The Kier molecular flexibility index (Phi) is 3.99. The van der Waals surface area contributed by atoms with Crippen molar-refractivity contribution < 1.29 is 17.9 Å². The molecule has 1 aromatic heterocycles. The fraction of sp³-hybridized carbons (Fsp3) is 0.308. The predicted octanol–water partition coefficient (Wildman–Crippen LogP) is 3.50. The van der Waals surface area contributed by atoms with Crippen LogP contribution in [0.3, 0.4) is 0 Å². The van der Waals surface area contributed by atoms with Crippen LogP contribution < -0.4 is 10.1 Å². The van der Waals surface area contributed by atoms with E-state index in [0.29, 0.717) is 12.4 Å². The van der Waals surface area contributed by atoms with Crippen LogP contribution in [-0.4, -0.2) is 11.6 Å². The molecule has 0 fully saturated rings. The smallest absolute Gasteiger partial charge is 0.387 e. The van der Waals surface area contributed by atoms with Gasteiger partial charge in [-0.25, -0.2) is 4.98 Å². The Hall–Kier alpha value is -2.11. The van der Waals surface area contributed by atoms with Gasteiger partial charge < -0.3 is 14.5 Å². The number of hydrogen-bond acceptors (Lipinski definition) is 4. The van der Waals surface area contributed by atoms with Crippen molar-refractivity contribution in [2.24, 2.45) is 0 Å². The summed E-state index contributed by atoms with van der Waals surface area (Å²) in [6, 6.07) is 6.25. The van der Waals surface area contributed by atoms with Crippen molar-refractivity contribution in [3.05, 3.63) is 41.6 Å². The van der Waals surface area contributed by atoms with Crippen molar-refractivity contribution in [3.63, 3.8) is 0 Å². The van der Waals surface area contributed by atoms with E-state index in [-0.39, 0.29) is 5.75 Å². The number of nitrogens with zero attached hydrogens (tertiary/aromatic N) is 1. The third-order valence-corrected chi connectivity index (χ3v) is 2.60. The molecule has 1 N–H and O–H groups in total. The fourth-order valence-corrected chi connectivity index (χ4v) is 1.55. The van der Waals surface area contributed by atoms with Gasteiger partial charge in [0.1, 0.15) is 11.5 Å². The SMILES string of the molecule is Cc1nc(CNc2ccc(OC(F)F)cc2)oc1C. The number of rotatable bonds is 5. The molecule has 0 bridgehead atoms. The summed E-state index contributed by atoms with van der Waals surface area (Å²) < 4.78 is 33.6. The van der Waals surface area contributed by atoms with Crippen molar-refractivity contribution >= 4 is 5.69 Å². The van der Waals surface area contributed by atoms with Crippen molar-refractivity contribution in [1.29, 1.82) is 0 Å². The number of nitrogens with one attached hydrogen (secondary N) is 1. The third-order valence-electron chi connectivity index (χ3n) is 2.60. The van der Waals surface area contributed by atoms with Gasteiger partial charge in [0.2, 0.25) is 5.89 Å². The van der Waals surface area contributed by atoms with Crippen LogP contribution in [0.2, 0.25) is 0 Å². The highest BCUT2D eigenvalue weighted by Gasteiger charge is 2.06. The number of oxazole rings is 1. The minimum absolute atomic E-state index is 0.128. The maximum Gasteiger partial charge on any atom is 0.387 e. The normalized spacial score (nSPS) is 10.8. The van der Waals surface area contributed by atoms with E-state index >= 15 is 0 Å². The van der Waals surface area contributed by atoms with Gasteiger partial charge in [0.25, 0.3) is 0 Å². The first-order valence-corrected chi connectivity index (χ1v) is 5.76. The molecule has 19 heavy (non-hydrogen) atoms. The van der Waals surface area contributed by atoms with Gasteiger partial charge >= 0.3 is 6.61 Å². The fourth-order valence-electron chi connectivity index (χ4n) is 1.55. The largest absolute Gasteiger partial charge is 0.444 e. The molecule has 0 aliphatic rings. The predicted molar refractivity (Wildman–Crippen MR) is 66.4 cm³/mol. The van der Waals surface area contributed by atoms with Crippen LogP contribution in [0.1, 0.15) is 17.3 Å². The van der Waals surface area contributed by atoms with Gasteiger partial charge in [-0.3, -0.25) is 0 Å². The van der Waals surface area contributed by atoms with E-state index in [1.807, 2.05) is 13.8 Å². The van der Waals surface area contributed by atoms with Crippen molar-refractivity contribution in [3.8, 4) is 5.75 Å². The average molecular weight is 268 g/mol. The lowest BCUT2D eigenvalue weighted by Crippen LogP contribution is -2.02. The summed E-state index contributed by atoms with van der Waals surface area (Å²) in [5, 5.41) is 3.08. The van der Waals surface area contributed by atoms with Crippen LogP contribution in [0, 0.1) is 13.8 Å². The highest BCUT2D eigenvalue weighted by molar-refractivity contribution is 5.46. The maximum atomic E-state index is 12.0. The van der Waals surface area contributed by atoms with E-state index in [2.05, 4.69) is 15.0 Å². The van der Waals surface area contributed by atoms with Crippen molar-refractivity contribution in [2.45, 2.75) is 27.0 Å². The van der Waals surface area contributed by atoms with E-state index in [1.165, 1.54) is 12.1 Å². The van der Waals surface area contributed by atoms with Crippen LogP contribution in [0.4, 0.5) is 14.5 Å². The molecule has 4 nitrogen and oxygen atoms in total. The van der Waals surface area contributed by atoms with E-state index in [1.54, 1.807) is 12.1 Å². The Morgan fingerprint density at radius 1 is 1.26 bits per heavy atom. The second-order valence-corrected chi connectivity index (χ2v) is 4.01. The molecule has 0 saturated heterocycles. The number of anilines is 1. The Balaban J connectivity index is 1.92. The molecule has 6 heteroatoms. The summed E-state index contributed by atoms with van der Waals surface area (Å²) in [4.78, 5) is 4.23. The molecule has 2 aromatic rings. The summed E-state index contributed by atoms with van der Waals surface area (Å²) >= 11 is 0. The lowest BCUT2D eigenvalue weighted by atomic mass is 10.3. The number of alkyl halides is 2. The number of aromatic nitrogens is 1. The van der Waals surface area contributed by atoms with Gasteiger partial charge in [-0.2, -0.15) is 8.78 Å². The first-order chi connectivity index (χ1) is 9.04. The first-order valence-electron chi connectivity index (χ1n) is 5.76. The van der Waals surface area contributed by atoms with Gasteiger partial charge in [0, 0.05) is 5.69 Å². The highest BCUT2D eigenvalue weighted by atomic mass is 19.3. The highest BCUT2D eigenvalue weighted by Crippen LogP contribution is 2.18. The molecule has 102 valence electrons. The van der Waals surface area contributed by atoms with Crippen LogP contribution in [0.15, 0.2) is 28.7 Å². The van der Waals surface area contributed by atoms with Gasteiger partial charge in [0.15, 0.2) is 0 Å². The summed E-state index contributed by atoms with van der Waals surface area (Å²) in [6.45, 7) is 1.35. The third kappa shape index (κ3) is 3.67. The molecule has 0 amide bonds. The van der Waals surface area contributed by atoms with E-state index in [0.717, 1.165) is 17.1 Å². The molecule has 1 aromatic carbocycles. The lowest BCUT2D eigenvalue weighted by Gasteiger charge is -2.06. The van der Waals surface area contributed by atoms with Crippen LogP contribution in [0.25, 0.3) is 0 Å². The second kappa shape index (κ2) is 5.69. The van der Waals surface area contributed by atoms with Crippen LogP contribution in [0.5, 0.6) is 5.75 Å². The average Bonchev–Trinajstić information content (AvgIpc) is 2.67. The number of ether oxygens (including phenoxy) is 1. The van der Waals surface area contributed by atoms with Gasteiger partial charge in [-0.1, -0.05) is 0 Å². The zero-order chi connectivity index (χ0) is 13.8.